The number of alkyl halides is 3. The van der Waals surface area contributed by atoms with Gasteiger partial charge in [0.1, 0.15) is 0 Å². The Morgan fingerprint density at radius 2 is 1.96 bits per heavy atom. The van der Waals surface area contributed by atoms with E-state index in [9.17, 15) is 26.4 Å². The number of Topliss-reactive ketones (excluding diaryl/α,β-unsaturated/α-hetero) is 1. The molecule has 1 fully saturated rings. The van der Waals surface area contributed by atoms with E-state index in [0.29, 0.717) is 19.4 Å². The molecule has 2 rings (SSSR count). The summed E-state index contributed by atoms with van der Waals surface area (Å²) in [7, 11) is -3.48. The minimum atomic E-state index is -4.52. The van der Waals surface area contributed by atoms with Crippen molar-refractivity contribution in [1.82, 2.24) is 4.31 Å². The minimum Gasteiger partial charge on any atom is -0.294 e. The molecule has 0 N–H and O–H groups in total. The van der Waals surface area contributed by atoms with E-state index in [4.69, 9.17) is 0 Å². The van der Waals surface area contributed by atoms with Crippen LogP contribution in [0.15, 0.2) is 24.3 Å². The molecule has 1 aliphatic heterocycles. The topological polar surface area (TPSA) is 54.5 Å². The van der Waals surface area contributed by atoms with Crippen molar-refractivity contribution in [2.24, 2.45) is 5.92 Å². The summed E-state index contributed by atoms with van der Waals surface area (Å²) in [6, 6.07) is 4.28. The predicted octanol–water partition coefficient (Wildman–Crippen LogP) is 3.34. The SMILES string of the molecule is CC(C)S(=O)(=O)N1CCC[C@H](C(=O)c2cccc(C(F)(F)F)c2)C1. The first-order chi connectivity index (χ1) is 11.0. The number of rotatable bonds is 4. The van der Waals surface area contributed by atoms with Crippen molar-refractivity contribution >= 4 is 15.8 Å². The summed E-state index contributed by atoms with van der Waals surface area (Å²) in [5.74, 6) is -1.06. The number of nitrogens with zero attached hydrogens (tertiary/aromatic N) is 1. The molecule has 1 aliphatic rings. The standard InChI is InChI=1S/C16H20F3NO3S/c1-11(2)24(22,23)20-8-4-6-13(10-20)15(21)12-5-3-7-14(9-12)16(17,18)19/h3,5,7,9,11,13H,4,6,8,10H2,1-2H3/t13-/m0/s1. The lowest BCUT2D eigenvalue weighted by molar-refractivity contribution is -0.137. The highest BCUT2D eigenvalue weighted by molar-refractivity contribution is 7.89. The third-order valence-corrected chi connectivity index (χ3v) is 6.43. The van der Waals surface area contributed by atoms with Gasteiger partial charge in [0.25, 0.3) is 0 Å². The Hall–Kier alpha value is -1.41. The molecule has 24 heavy (non-hydrogen) atoms. The summed E-state index contributed by atoms with van der Waals surface area (Å²) in [5, 5.41) is -0.597. The first-order valence-electron chi connectivity index (χ1n) is 7.74. The highest BCUT2D eigenvalue weighted by Gasteiger charge is 2.35. The summed E-state index contributed by atoms with van der Waals surface area (Å²) in [4.78, 5) is 12.5. The van der Waals surface area contributed by atoms with E-state index in [1.807, 2.05) is 0 Å². The van der Waals surface area contributed by atoms with Gasteiger partial charge in [0, 0.05) is 24.6 Å². The average Bonchev–Trinajstić information content (AvgIpc) is 2.53. The number of carbonyl (C=O) groups excluding carboxylic acids is 1. The van der Waals surface area contributed by atoms with Crippen LogP contribution in [-0.4, -0.2) is 36.8 Å². The van der Waals surface area contributed by atoms with Crippen molar-refractivity contribution in [2.75, 3.05) is 13.1 Å². The quantitative estimate of drug-likeness (QED) is 0.771. The van der Waals surface area contributed by atoms with Crippen molar-refractivity contribution < 1.29 is 26.4 Å². The normalized spacial score (nSPS) is 20.3. The molecule has 0 aliphatic carbocycles. The van der Waals surface area contributed by atoms with Gasteiger partial charge >= 0.3 is 6.18 Å². The average molecular weight is 363 g/mol. The molecular weight excluding hydrogens is 343 g/mol. The second-order valence-corrected chi connectivity index (χ2v) is 8.72. The lowest BCUT2D eigenvalue weighted by atomic mass is 9.90. The van der Waals surface area contributed by atoms with E-state index in [-0.39, 0.29) is 12.1 Å². The molecule has 0 unspecified atom stereocenters. The third kappa shape index (κ3) is 3.97. The number of piperidine rings is 1. The molecule has 1 aromatic carbocycles. The summed E-state index contributed by atoms with van der Waals surface area (Å²) in [6.07, 6.45) is -3.53. The number of hydrogen-bond donors (Lipinski definition) is 0. The Kier molecular flexibility index (Phi) is 5.39. The molecular formula is C16H20F3NO3S. The van der Waals surface area contributed by atoms with Crippen LogP contribution >= 0.6 is 0 Å². The van der Waals surface area contributed by atoms with E-state index in [2.05, 4.69) is 0 Å². The summed E-state index contributed by atoms with van der Waals surface area (Å²) >= 11 is 0. The van der Waals surface area contributed by atoms with Crippen LogP contribution in [0.3, 0.4) is 0 Å². The van der Waals surface area contributed by atoms with E-state index in [0.717, 1.165) is 12.1 Å². The van der Waals surface area contributed by atoms with Crippen molar-refractivity contribution in [3.8, 4) is 0 Å². The fraction of sp³-hybridized carbons (Fsp3) is 0.562. The van der Waals surface area contributed by atoms with Gasteiger partial charge in [0.15, 0.2) is 5.78 Å². The van der Waals surface area contributed by atoms with Crippen LogP contribution in [0.5, 0.6) is 0 Å². The molecule has 1 heterocycles. The predicted molar refractivity (Wildman–Crippen MR) is 84.1 cm³/mol. The Labute approximate surface area is 139 Å². The first-order valence-corrected chi connectivity index (χ1v) is 9.24. The monoisotopic (exact) mass is 363 g/mol. The smallest absolute Gasteiger partial charge is 0.294 e. The molecule has 4 nitrogen and oxygen atoms in total. The van der Waals surface area contributed by atoms with Gasteiger partial charge in [-0.25, -0.2) is 12.7 Å². The van der Waals surface area contributed by atoms with Gasteiger partial charge in [-0.1, -0.05) is 12.1 Å². The fourth-order valence-corrected chi connectivity index (χ4v) is 4.14. The number of sulfonamides is 1. The summed E-state index contributed by atoms with van der Waals surface area (Å²) < 4.78 is 64.1. The van der Waals surface area contributed by atoms with E-state index >= 15 is 0 Å². The van der Waals surface area contributed by atoms with Crippen molar-refractivity contribution in [2.45, 2.75) is 38.1 Å². The highest BCUT2D eigenvalue weighted by Crippen LogP contribution is 2.31. The molecule has 0 saturated carbocycles. The second-order valence-electron chi connectivity index (χ2n) is 6.23. The fourth-order valence-electron chi connectivity index (χ4n) is 2.77. The Morgan fingerprint density at radius 1 is 1.29 bits per heavy atom. The Bertz CT molecular complexity index is 714. The molecule has 0 bridgehead atoms. The maximum Gasteiger partial charge on any atom is 0.416 e. The van der Waals surface area contributed by atoms with Crippen LogP contribution in [0.1, 0.15) is 42.6 Å². The molecule has 0 aromatic heterocycles. The molecule has 0 spiro atoms. The van der Waals surface area contributed by atoms with Crippen molar-refractivity contribution in [3.05, 3.63) is 35.4 Å². The van der Waals surface area contributed by atoms with Crippen LogP contribution < -0.4 is 0 Å². The Balaban J connectivity index is 2.21. The number of hydrogen-bond acceptors (Lipinski definition) is 3. The van der Waals surface area contributed by atoms with Gasteiger partial charge in [-0.2, -0.15) is 13.2 Å². The van der Waals surface area contributed by atoms with Crippen LogP contribution in [0, 0.1) is 5.92 Å². The maximum atomic E-state index is 12.8. The van der Waals surface area contributed by atoms with Crippen molar-refractivity contribution in [1.29, 1.82) is 0 Å². The molecule has 1 atom stereocenters. The second kappa shape index (κ2) is 6.84. The van der Waals surface area contributed by atoms with Crippen LogP contribution in [-0.2, 0) is 16.2 Å². The number of carbonyl (C=O) groups is 1. The lowest BCUT2D eigenvalue weighted by Gasteiger charge is -2.32. The number of halogens is 3. The molecule has 0 radical (unpaired) electrons. The van der Waals surface area contributed by atoms with E-state index in [1.165, 1.54) is 16.4 Å². The maximum absolute atomic E-state index is 12.8. The van der Waals surface area contributed by atoms with Crippen LogP contribution in [0.4, 0.5) is 13.2 Å². The zero-order valence-electron chi connectivity index (χ0n) is 13.5. The van der Waals surface area contributed by atoms with Gasteiger partial charge < -0.3 is 0 Å². The van der Waals surface area contributed by atoms with Gasteiger partial charge in [-0.15, -0.1) is 0 Å². The summed E-state index contributed by atoms with van der Waals surface area (Å²) in [6.45, 7) is 3.49. The molecule has 1 aromatic rings. The zero-order chi connectivity index (χ0) is 18.1. The lowest BCUT2D eigenvalue weighted by Crippen LogP contribution is -2.45. The molecule has 134 valence electrons. The molecule has 1 saturated heterocycles. The van der Waals surface area contributed by atoms with Crippen LogP contribution in [0.2, 0.25) is 0 Å². The van der Waals surface area contributed by atoms with Crippen molar-refractivity contribution in [3.63, 3.8) is 0 Å². The largest absolute Gasteiger partial charge is 0.416 e. The molecule has 0 amide bonds. The Morgan fingerprint density at radius 3 is 2.54 bits per heavy atom. The van der Waals surface area contributed by atoms with Crippen LogP contribution in [0.25, 0.3) is 0 Å². The minimum absolute atomic E-state index is 0.0234. The van der Waals surface area contributed by atoms with Gasteiger partial charge in [0.2, 0.25) is 10.0 Å². The number of benzene rings is 1. The van der Waals surface area contributed by atoms with E-state index < -0.39 is 38.7 Å². The van der Waals surface area contributed by atoms with Gasteiger partial charge in [-0.05, 0) is 38.8 Å². The number of ketones is 1. The highest BCUT2D eigenvalue weighted by atomic mass is 32.2. The summed E-state index contributed by atoms with van der Waals surface area (Å²) in [5.41, 5.74) is -0.908. The van der Waals surface area contributed by atoms with E-state index in [1.54, 1.807) is 13.8 Å². The van der Waals surface area contributed by atoms with Gasteiger partial charge in [-0.3, -0.25) is 4.79 Å². The zero-order valence-corrected chi connectivity index (χ0v) is 14.3. The van der Waals surface area contributed by atoms with Gasteiger partial charge in [0.05, 0.1) is 10.8 Å². The third-order valence-electron chi connectivity index (χ3n) is 4.18. The first kappa shape index (κ1) is 18.9. The molecule has 8 heteroatoms.